The van der Waals surface area contributed by atoms with Gasteiger partial charge in [-0.1, -0.05) is 0 Å². The summed E-state index contributed by atoms with van der Waals surface area (Å²) in [5.41, 5.74) is 1.29. The minimum atomic E-state index is -3.71. The summed E-state index contributed by atoms with van der Waals surface area (Å²) in [6.07, 6.45) is 3.32. The van der Waals surface area contributed by atoms with Gasteiger partial charge in [-0.15, -0.1) is 11.3 Å². The standard InChI is InChI=1S/C19H20FNO5S2/c1-26-19(23)17-14-4-2-3-5-15(14)27-18(17)21-16(22)10-11-28(24,25)13-8-6-12(20)7-9-13/h6-9H,2-5,10-11H2,1H3,(H,21,22). The quantitative estimate of drug-likeness (QED) is 0.566. The third-order valence-electron chi connectivity index (χ3n) is 4.58. The second kappa shape index (κ2) is 8.40. The molecule has 1 aliphatic rings. The zero-order valence-corrected chi connectivity index (χ0v) is 16.9. The molecule has 0 fully saturated rings. The first kappa shape index (κ1) is 20.5. The Hall–Kier alpha value is -2.26. The summed E-state index contributed by atoms with van der Waals surface area (Å²) in [6.45, 7) is 0. The van der Waals surface area contributed by atoms with Crippen LogP contribution in [0.25, 0.3) is 0 Å². The van der Waals surface area contributed by atoms with Crippen LogP contribution in [0, 0.1) is 5.82 Å². The van der Waals surface area contributed by atoms with Crippen molar-refractivity contribution in [3.05, 3.63) is 46.1 Å². The molecule has 1 aromatic carbocycles. The second-order valence-corrected chi connectivity index (χ2v) is 9.69. The molecular formula is C19H20FNO5S2. The second-order valence-electron chi connectivity index (χ2n) is 6.48. The monoisotopic (exact) mass is 425 g/mol. The number of sulfone groups is 1. The maximum atomic E-state index is 13.0. The van der Waals surface area contributed by atoms with Crippen LogP contribution in [0.1, 0.15) is 40.1 Å². The van der Waals surface area contributed by atoms with Crippen molar-refractivity contribution in [3.8, 4) is 0 Å². The van der Waals surface area contributed by atoms with Gasteiger partial charge in [-0.05, 0) is 55.5 Å². The fraction of sp³-hybridized carbons (Fsp3) is 0.368. The molecule has 2 aromatic rings. The number of methoxy groups -OCH3 is 1. The Morgan fingerprint density at radius 1 is 1.18 bits per heavy atom. The largest absolute Gasteiger partial charge is 0.465 e. The molecule has 150 valence electrons. The molecule has 0 saturated carbocycles. The van der Waals surface area contributed by atoms with Crippen LogP contribution < -0.4 is 5.32 Å². The van der Waals surface area contributed by atoms with Crippen LogP contribution in [-0.2, 0) is 32.2 Å². The summed E-state index contributed by atoms with van der Waals surface area (Å²) >= 11 is 1.34. The van der Waals surface area contributed by atoms with Gasteiger partial charge in [0.2, 0.25) is 5.91 Å². The van der Waals surface area contributed by atoms with E-state index in [1.807, 2.05) is 0 Å². The maximum Gasteiger partial charge on any atom is 0.341 e. The lowest BCUT2D eigenvalue weighted by Gasteiger charge is -2.11. The number of carbonyl (C=O) groups excluding carboxylic acids is 2. The maximum absolute atomic E-state index is 13.0. The van der Waals surface area contributed by atoms with E-state index in [9.17, 15) is 22.4 Å². The van der Waals surface area contributed by atoms with Crippen molar-refractivity contribution >= 4 is 38.1 Å². The highest BCUT2D eigenvalue weighted by Gasteiger charge is 2.27. The molecule has 28 heavy (non-hydrogen) atoms. The molecule has 0 aliphatic heterocycles. The molecule has 0 spiro atoms. The number of hydrogen-bond acceptors (Lipinski definition) is 6. The highest BCUT2D eigenvalue weighted by molar-refractivity contribution is 7.91. The third kappa shape index (κ3) is 4.41. The van der Waals surface area contributed by atoms with Gasteiger partial charge in [-0.25, -0.2) is 17.6 Å². The van der Waals surface area contributed by atoms with Crippen molar-refractivity contribution in [2.24, 2.45) is 0 Å². The predicted octanol–water partition coefficient (Wildman–Crippen LogP) is 3.36. The molecule has 1 amide bonds. The smallest absolute Gasteiger partial charge is 0.341 e. The minimum Gasteiger partial charge on any atom is -0.465 e. The molecule has 3 rings (SSSR count). The van der Waals surface area contributed by atoms with Gasteiger partial charge >= 0.3 is 5.97 Å². The van der Waals surface area contributed by atoms with E-state index < -0.39 is 33.3 Å². The number of amides is 1. The van der Waals surface area contributed by atoms with Crippen molar-refractivity contribution < 1.29 is 27.1 Å². The summed E-state index contributed by atoms with van der Waals surface area (Å²) in [6, 6.07) is 4.47. The molecule has 0 saturated heterocycles. The first-order valence-electron chi connectivity index (χ1n) is 8.83. The van der Waals surface area contributed by atoms with E-state index in [1.165, 1.54) is 30.6 Å². The number of aryl methyl sites for hydroxylation is 1. The lowest BCUT2D eigenvalue weighted by molar-refractivity contribution is -0.115. The van der Waals surface area contributed by atoms with Crippen LogP contribution in [0.4, 0.5) is 9.39 Å². The summed E-state index contributed by atoms with van der Waals surface area (Å²) < 4.78 is 42.4. The number of anilines is 1. The number of thiophene rings is 1. The zero-order chi connectivity index (χ0) is 20.3. The number of carbonyl (C=O) groups is 2. The first-order valence-corrected chi connectivity index (χ1v) is 11.3. The van der Waals surface area contributed by atoms with Crippen LogP contribution in [0.3, 0.4) is 0 Å². The van der Waals surface area contributed by atoms with Crippen molar-refractivity contribution in [1.29, 1.82) is 0 Å². The van der Waals surface area contributed by atoms with Gasteiger partial charge in [0.15, 0.2) is 9.84 Å². The molecule has 0 radical (unpaired) electrons. The van der Waals surface area contributed by atoms with E-state index in [2.05, 4.69) is 5.32 Å². The highest BCUT2D eigenvalue weighted by atomic mass is 32.2. The van der Waals surface area contributed by atoms with E-state index in [1.54, 1.807) is 0 Å². The Kier molecular flexibility index (Phi) is 6.14. The van der Waals surface area contributed by atoms with Gasteiger partial charge in [0.1, 0.15) is 10.8 Å². The molecule has 0 bridgehead atoms. The Morgan fingerprint density at radius 3 is 2.54 bits per heavy atom. The fourth-order valence-corrected chi connectivity index (χ4v) is 5.68. The van der Waals surface area contributed by atoms with Crippen LogP contribution in [0.2, 0.25) is 0 Å². The van der Waals surface area contributed by atoms with Crippen molar-refractivity contribution in [1.82, 2.24) is 0 Å². The van der Waals surface area contributed by atoms with Gasteiger partial charge in [-0.3, -0.25) is 4.79 Å². The van der Waals surface area contributed by atoms with Crippen LogP contribution >= 0.6 is 11.3 Å². The normalized spacial score (nSPS) is 13.6. The lowest BCUT2D eigenvalue weighted by atomic mass is 9.95. The Bertz CT molecular complexity index is 996. The molecular weight excluding hydrogens is 405 g/mol. The van der Waals surface area contributed by atoms with Gasteiger partial charge in [0.25, 0.3) is 0 Å². The topological polar surface area (TPSA) is 89.5 Å². The Morgan fingerprint density at radius 2 is 1.86 bits per heavy atom. The Balaban J connectivity index is 1.72. The number of hydrogen-bond donors (Lipinski definition) is 1. The molecule has 0 unspecified atom stereocenters. The molecule has 1 N–H and O–H groups in total. The highest BCUT2D eigenvalue weighted by Crippen LogP contribution is 2.38. The van der Waals surface area contributed by atoms with Crippen molar-refractivity contribution in [2.75, 3.05) is 18.2 Å². The third-order valence-corrected chi connectivity index (χ3v) is 7.52. The summed E-state index contributed by atoms with van der Waals surface area (Å²) in [5.74, 6) is -1.96. The molecule has 9 heteroatoms. The molecule has 1 aliphatic carbocycles. The van der Waals surface area contributed by atoms with Gasteiger partial charge in [0, 0.05) is 11.3 Å². The molecule has 0 atom stereocenters. The number of fused-ring (bicyclic) bond motifs is 1. The van der Waals surface area contributed by atoms with E-state index >= 15 is 0 Å². The zero-order valence-electron chi connectivity index (χ0n) is 15.3. The molecule has 1 heterocycles. The average Bonchev–Trinajstić information content (AvgIpc) is 3.04. The molecule has 1 aromatic heterocycles. The van der Waals surface area contributed by atoms with E-state index in [0.29, 0.717) is 10.6 Å². The average molecular weight is 426 g/mol. The van der Waals surface area contributed by atoms with Crippen molar-refractivity contribution in [3.63, 3.8) is 0 Å². The minimum absolute atomic E-state index is 0.0384. The fourth-order valence-electron chi connectivity index (χ4n) is 3.15. The van der Waals surface area contributed by atoms with E-state index in [4.69, 9.17) is 4.74 Å². The number of rotatable bonds is 6. The van der Waals surface area contributed by atoms with Crippen molar-refractivity contribution in [2.45, 2.75) is 37.0 Å². The lowest BCUT2D eigenvalue weighted by Crippen LogP contribution is -2.18. The first-order chi connectivity index (χ1) is 13.3. The Labute approximate surface area is 166 Å². The van der Waals surface area contributed by atoms with Gasteiger partial charge in [-0.2, -0.15) is 0 Å². The number of esters is 1. The van der Waals surface area contributed by atoms with Gasteiger partial charge < -0.3 is 10.1 Å². The SMILES string of the molecule is COC(=O)c1c(NC(=O)CCS(=O)(=O)c2ccc(F)cc2)sc2c1CCCC2. The number of ether oxygens (including phenoxy) is 1. The number of nitrogens with one attached hydrogen (secondary N) is 1. The summed E-state index contributed by atoms with van der Waals surface area (Å²) in [4.78, 5) is 25.5. The van der Waals surface area contributed by atoms with Crippen LogP contribution in [0.15, 0.2) is 29.2 Å². The summed E-state index contributed by atoms with van der Waals surface area (Å²) in [7, 11) is -2.43. The van der Waals surface area contributed by atoms with Gasteiger partial charge in [0.05, 0.1) is 23.3 Å². The van der Waals surface area contributed by atoms with Crippen LogP contribution in [0.5, 0.6) is 0 Å². The van der Waals surface area contributed by atoms with E-state index in [-0.39, 0.29) is 11.3 Å². The number of halogens is 1. The summed E-state index contributed by atoms with van der Waals surface area (Å²) in [5, 5.41) is 3.08. The predicted molar refractivity (Wildman–Crippen MR) is 104 cm³/mol. The molecule has 6 nitrogen and oxygen atoms in total. The van der Waals surface area contributed by atoms with E-state index in [0.717, 1.165) is 48.3 Å². The van der Waals surface area contributed by atoms with Crippen LogP contribution in [-0.4, -0.2) is 33.2 Å². The number of benzene rings is 1.